The Morgan fingerprint density at radius 2 is 0.385 bits per heavy atom. The molecule has 0 heterocycles. The van der Waals surface area contributed by atoms with Crippen LogP contribution in [0.3, 0.4) is 0 Å². The summed E-state index contributed by atoms with van der Waals surface area (Å²) < 4.78 is 0. The van der Waals surface area contributed by atoms with Crippen LogP contribution in [0.1, 0.15) is 0 Å². The molecule has 0 aromatic rings. The van der Waals surface area contributed by atoms with Crippen LogP contribution in [0.25, 0.3) is 21.3 Å². The minimum atomic E-state index is 0. The molecule has 0 radical (unpaired) electrons. The number of rotatable bonds is 0. The van der Waals surface area contributed by atoms with Gasteiger partial charge in [-0.25, -0.2) is 0 Å². The van der Waals surface area contributed by atoms with Crippen LogP contribution in [0, 0.1) is 0 Å². The van der Waals surface area contributed by atoms with Crippen molar-refractivity contribution in [3.05, 3.63) is 21.3 Å². The molecule has 0 N–H and O–H groups in total. The van der Waals surface area contributed by atoms with Gasteiger partial charge in [0, 0.05) is 0 Å². The summed E-state index contributed by atoms with van der Waals surface area (Å²) in [5.41, 5.74) is 0. The predicted octanol–water partition coefficient (Wildman–Crippen LogP) is 2.48. The van der Waals surface area contributed by atoms with E-state index < -0.39 is 0 Å². The van der Waals surface area contributed by atoms with E-state index in [-0.39, 0.29) is 21.1 Å². The van der Waals surface area contributed by atoms with Gasteiger partial charge in [-0.15, -0.1) is 0 Å². The van der Waals surface area contributed by atoms with Gasteiger partial charge in [0.2, 0.25) is 0 Å². The van der Waals surface area contributed by atoms with Gasteiger partial charge >= 0.3 is 21.1 Å². The molecule has 0 aliphatic carbocycles. The molecule has 0 atom stereocenters. The average Bonchev–Trinajstić information content (AvgIpc) is 1.92. The van der Waals surface area contributed by atoms with Crippen molar-refractivity contribution in [1.29, 1.82) is 0 Å². The molecule has 0 unspecified atom stereocenters. The fourth-order valence-corrected chi connectivity index (χ4v) is 0. The summed E-state index contributed by atoms with van der Waals surface area (Å²) in [4.78, 5) is 0. The zero-order valence-electron chi connectivity index (χ0n) is 10.2. The maximum absolute atomic E-state index is 3.50. The van der Waals surface area contributed by atoms with Crippen LogP contribution in [0.4, 0.5) is 0 Å². The smallest absolute Gasteiger partial charge is 0.668 e. The minimum Gasteiger partial charge on any atom is -0.668 e. The van der Waals surface area contributed by atoms with Crippen molar-refractivity contribution in [2.45, 2.75) is 0 Å². The molecule has 82 valence electrons. The molecule has 0 fully saturated rings. The fourth-order valence-electron chi connectivity index (χ4n) is 0. The van der Waals surface area contributed by atoms with Gasteiger partial charge in [0.05, 0.1) is 0 Å². The maximum Gasteiger partial charge on any atom is 4.00 e. The van der Waals surface area contributed by atoms with Gasteiger partial charge in [0.1, 0.15) is 0 Å². The Morgan fingerprint density at radius 1 is 0.385 bits per heavy atom. The Kier molecular flexibility index (Phi) is 182. The second-order valence-electron chi connectivity index (χ2n) is 1.79. The Hall–Kier alpha value is 0.528. The summed E-state index contributed by atoms with van der Waals surface area (Å²) in [6.45, 7) is 0. The monoisotopic (exact) mass is 274 g/mol. The second-order valence-corrected chi connectivity index (χ2v) is 1.79. The van der Waals surface area contributed by atoms with E-state index in [0.29, 0.717) is 0 Å². The first-order valence-corrected chi connectivity index (χ1v) is 3.58. The second kappa shape index (κ2) is 81.2. The van der Waals surface area contributed by atoms with Crippen molar-refractivity contribution in [2.24, 2.45) is 0 Å². The van der Waals surface area contributed by atoms with E-state index in [1.165, 1.54) is 0 Å². The summed E-state index contributed by atoms with van der Waals surface area (Å²) in [6.07, 6.45) is 0. The van der Waals surface area contributed by atoms with E-state index in [1.54, 1.807) is 56.4 Å². The molecule has 0 aromatic carbocycles. The van der Waals surface area contributed by atoms with Crippen molar-refractivity contribution in [1.82, 2.24) is 0 Å². The normalized spacial score (nSPS) is 5.54. The Bertz CT molecular complexity index is 24.1. The van der Waals surface area contributed by atoms with Crippen LogP contribution in [0.15, 0.2) is 0 Å². The zero-order valence-corrected chi connectivity index (χ0v) is 12.2. The molecule has 5 heteroatoms. The largest absolute Gasteiger partial charge is 4.00 e. The molecule has 0 amide bonds. The van der Waals surface area contributed by atoms with Crippen molar-refractivity contribution >= 4 is 0 Å². The van der Waals surface area contributed by atoms with Gasteiger partial charge in [-0.05, 0) is 0 Å². The van der Waals surface area contributed by atoms with Crippen molar-refractivity contribution in [3.8, 4) is 0 Å². The van der Waals surface area contributed by atoms with E-state index in [2.05, 4.69) is 21.3 Å². The Balaban J connectivity index is -0.0000000213. The first kappa shape index (κ1) is 29.2. The van der Waals surface area contributed by atoms with Gasteiger partial charge in [-0.1, -0.05) is 0 Å². The first-order valence-electron chi connectivity index (χ1n) is 3.58. The molecular formula is C8H24MoN4. The maximum atomic E-state index is 3.50. The molecule has 0 saturated heterocycles. The molecule has 0 aromatic heterocycles. The molecule has 0 aliphatic heterocycles. The van der Waals surface area contributed by atoms with E-state index in [9.17, 15) is 0 Å². The van der Waals surface area contributed by atoms with Crippen LogP contribution in [0.2, 0.25) is 0 Å². The van der Waals surface area contributed by atoms with Crippen LogP contribution in [-0.2, 0) is 21.1 Å². The molecule has 0 aliphatic rings. The molecule has 0 spiro atoms. The molecule has 0 saturated carbocycles. The molecule has 13 heavy (non-hydrogen) atoms. The molecule has 0 bridgehead atoms. The van der Waals surface area contributed by atoms with Gasteiger partial charge < -0.3 is 21.3 Å². The van der Waals surface area contributed by atoms with E-state index in [1.807, 2.05) is 0 Å². The van der Waals surface area contributed by atoms with E-state index in [0.717, 1.165) is 0 Å². The molecule has 4 nitrogen and oxygen atoms in total. The Morgan fingerprint density at radius 3 is 0.385 bits per heavy atom. The molecule has 0 rings (SSSR count). The average molecular weight is 272 g/mol. The van der Waals surface area contributed by atoms with E-state index >= 15 is 0 Å². The number of nitrogens with zero attached hydrogens (tertiary/aromatic N) is 4. The SMILES string of the molecule is C[N-]C.C[N-]C.C[N-]C.C[N-]C.[Mo+4]. The third kappa shape index (κ3) is 4980. The topological polar surface area (TPSA) is 56.4 Å². The number of hydrogen-bond acceptors (Lipinski definition) is 0. The van der Waals surface area contributed by atoms with Crippen molar-refractivity contribution in [2.75, 3.05) is 56.4 Å². The third-order valence-corrected chi connectivity index (χ3v) is 0. The number of hydrogen-bond donors (Lipinski definition) is 0. The quantitative estimate of drug-likeness (QED) is 0.608. The minimum absolute atomic E-state index is 0. The Labute approximate surface area is 98.9 Å². The molecular weight excluding hydrogens is 248 g/mol. The van der Waals surface area contributed by atoms with Crippen LogP contribution < -0.4 is 0 Å². The van der Waals surface area contributed by atoms with Gasteiger partial charge in [0.25, 0.3) is 0 Å². The summed E-state index contributed by atoms with van der Waals surface area (Å²) in [6, 6.07) is 0. The summed E-state index contributed by atoms with van der Waals surface area (Å²) in [5, 5.41) is 14.0. The standard InChI is InChI=1S/4C2H6N.Mo/c4*1-3-2;/h4*1-2H3;/q4*-1;+4. The predicted molar refractivity (Wildman–Crippen MR) is 60.8 cm³/mol. The van der Waals surface area contributed by atoms with Crippen LogP contribution in [-0.4, -0.2) is 56.4 Å². The van der Waals surface area contributed by atoms with Gasteiger partial charge in [-0.2, -0.15) is 56.4 Å². The summed E-state index contributed by atoms with van der Waals surface area (Å²) >= 11 is 0. The third-order valence-electron chi connectivity index (χ3n) is 0. The summed E-state index contributed by atoms with van der Waals surface area (Å²) in [7, 11) is 14.0. The van der Waals surface area contributed by atoms with Gasteiger partial charge in [-0.3, -0.25) is 0 Å². The zero-order chi connectivity index (χ0) is 10.8. The summed E-state index contributed by atoms with van der Waals surface area (Å²) in [5.74, 6) is 0. The van der Waals surface area contributed by atoms with Crippen LogP contribution in [0.5, 0.6) is 0 Å². The first-order chi connectivity index (χ1) is 5.66. The fraction of sp³-hybridized carbons (Fsp3) is 1.00. The van der Waals surface area contributed by atoms with Gasteiger partial charge in [0.15, 0.2) is 0 Å². The van der Waals surface area contributed by atoms with E-state index in [4.69, 9.17) is 0 Å². The van der Waals surface area contributed by atoms with Crippen LogP contribution >= 0.6 is 0 Å². The van der Waals surface area contributed by atoms with Crippen molar-refractivity contribution < 1.29 is 21.1 Å². The van der Waals surface area contributed by atoms with Crippen molar-refractivity contribution in [3.63, 3.8) is 0 Å².